The Bertz CT molecular complexity index is 334. The van der Waals surface area contributed by atoms with Crippen LogP contribution in [0.4, 0.5) is 5.82 Å². The quantitative estimate of drug-likeness (QED) is 0.779. The molecule has 0 bridgehead atoms. The molecule has 5 heteroatoms. The van der Waals surface area contributed by atoms with Gasteiger partial charge in [-0.25, -0.2) is 9.97 Å². The van der Waals surface area contributed by atoms with Crippen molar-refractivity contribution in [1.29, 1.82) is 0 Å². The fourth-order valence-electron chi connectivity index (χ4n) is 1.68. The summed E-state index contributed by atoms with van der Waals surface area (Å²) in [6.45, 7) is 3.09. The molecule has 1 saturated heterocycles. The Morgan fingerprint density at radius 3 is 3.20 bits per heavy atom. The van der Waals surface area contributed by atoms with E-state index in [1.807, 2.05) is 18.7 Å². The Hall–Kier alpha value is -0.290. The average molecular weight is 288 g/mol. The van der Waals surface area contributed by atoms with Crippen LogP contribution in [0.5, 0.6) is 0 Å². The number of halogens is 1. The van der Waals surface area contributed by atoms with Crippen LogP contribution in [0.15, 0.2) is 12.4 Å². The minimum Gasteiger partial charge on any atom is -0.351 e. The maximum Gasteiger partial charge on any atom is 0.132 e. The molecule has 3 nitrogen and oxygen atoms in total. The van der Waals surface area contributed by atoms with Gasteiger partial charge in [0, 0.05) is 41.2 Å². The maximum absolute atomic E-state index is 4.35. The van der Waals surface area contributed by atoms with Gasteiger partial charge in [0.2, 0.25) is 0 Å². The standard InChI is InChI=1S/C10H14BrN3S/c1-8-4-10(13-7-12-8)14-2-3-15-6-9(14)5-11/h4,7,9H,2-3,5-6H2,1H3. The molecule has 1 unspecified atom stereocenters. The highest BCUT2D eigenvalue weighted by Crippen LogP contribution is 2.23. The van der Waals surface area contributed by atoms with Crippen molar-refractivity contribution in [2.45, 2.75) is 13.0 Å². The molecule has 0 aliphatic carbocycles. The van der Waals surface area contributed by atoms with E-state index in [1.165, 1.54) is 11.5 Å². The fourth-order valence-corrected chi connectivity index (χ4v) is 3.63. The van der Waals surface area contributed by atoms with Gasteiger partial charge in [0.1, 0.15) is 12.1 Å². The molecule has 0 aromatic carbocycles. The number of nitrogens with zero attached hydrogens (tertiary/aromatic N) is 3. The number of aryl methyl sites for hydroxylation is 1. The second-order valence-electron chi connectivity index (χ2n) is 3.59. The van der Waals surface area contributed by atoms with Crippen molar-refractivity contribution < 1.29 is 0 Å². The third kappa shape index (κ3) is 2.64. The molecule has 1 atom stereocenters. The lowest BCUT2D eigenvalue weighted by molar-refractivity contribution is 0.698. The van der Waals surface area contributed by atoms with Crippen molar-refractivity contribution in [3.8, 4) is 0 Å². The molecule has 0 spiro atoms. The number of aromatic nitrogens is 2. The summed E-state index contributed by atoms with van der Waals surface area (Å²) in [4.78, 5) is 10.9. The Balaban J connectivity index is 2.20. The molecule has 1 aromatic rings. The van der Waals surface area contributed by atoms with Crippen molar-refractivity contribution in [3.05, 3.63) is 18.1 Å². The highest BCUT2D eigenvalue weighted by atomic mass is 79.9. The van der Waals surface area contributed by atoms with Crippen LogP contribution < -0.4 is 4.90 Å². The van der Waals surface area contributed by atoms with Crippen molar-refractivity contribution in [2.75, 3.05) is 28.3 Å². The lowest BCUT2D eigenvalue weighted by Gasteiger charge is -2.35. The van der Waals surface area contributed by atoms with E-state index in [1.54, 1.807) is 6.33 Å². The third-order valence-electron chi connectivity index (χ3n) is 2.49. The van der Waals surface area contributed by atoms with E-state index in [0.717, 1.165) is 23.4 Å². The predicted octanol–water partition coefficient (Wildman–Crippen LogP) is 2.10. The van der Waals surface area contributed by atoms with Gasteiger partial charge in [0.05, 0.1) is 0 Å². The largest absolute Gasteiger partial charge is 0.351 e. The molecule has 15 heavy (non-hydrogen) atoms. The van der Waals surface area contributed by atoms with Gasteiger partial charge in [-0.1, -0.05) is 15.9 Å². The molecule has 0 amide bonds. The normalized spacial score (nSPS) is 21.7. The molecule has 2 rings (SSSR count). The molecular weight excluding hydrogens is 274 g/mol. The summed E-state index contributed by atoms with van der Waals surface area (Å²) in [5.74, 6) is 3.42. The van der Waals surface area contributed by atoms with Crippen LogP contribution in [0.25, 0.3) is 0 Å². The second kappa shape index (κ2) is 5.16. The van der Waals surface area contributed by atoms with Gasteiger partial charge in [0.15, 0.2) is 0 Å². The predicted molar refractivity (Wildman–Crippen MR) is 69.0 cm³/mol. The molecule has 0 radical (unpaired) electrons. The summed E-state index contributed by atoms with van der Waals surface area (Å²) in [5, 5.41) is 1.00. The van der Waals surface area contributed by atoms with Gasteiger partial charge in [-0.05, 0) is 6.92 Å². The van der Waals surface area contributed by atoms with E-state index in [2.05, 4.69) is 36.9 Å². The minimum absolute atomic E-state index is 0.554. The van der Waals surface area contributed by atoms with Crippen molar-refractivity contribution in [3.63, 3.8) is 0 Å². The van der Waals surface area contributed by atoms with E-state index in [4.69, 9.17) is 0 Å². The molecule has 1 fully saturated rings. The molecule has 2 heterocycles. The van der Waals surface area contributed by atoms with E-state index >= 15 is 0 Å². The van der Waals surface area contributed by atoms with Crippen LogP contribution >= 0.6 is 27.7 Å². The lowest BCUT2D eigenvalue weighted by Crippen LogP contribution is -2.44. The van der Waals surface area contributed by atoms with Crippen LogP contribution in [0.3, 0.4) is 0 Å². The van der Waals surface area contributed by atoms with Crippen LogP contribution in [-0.4, -0.2) is 39.4 Å². The van der Waals surface area contributed by atoms with Gasteiger partial charge < -0.3 is 4.90 Å². The SMILES string of the molecule is Cc1cc(N2CCSCC2CBr)ncn1. The average Bonchev–Trinajstić information content (AvgIpc) is 2.29. The number of alkyl halides is 1. The zero-order chi connectivity index (χ0) is 10.7. The fraction of sp³-hybridized carbons (Fsp3) is 0.600. The third-order valence-corrected chi connectivity index (χ3v) is 4.33. The van der Waals surface area contributed by atoms with Gasteiger partial charge in [-0.3, -0.25) is 0 Å². The van der Waals surface area contributed by atoms with Crippen LogP contribution in [-0.2, 0) is 0 Å². The maximum atomic E-state index is 4.35. The molecule has 1 aliphatic rings. The van der Waals surface area contributed by atoms with E-state index in [9.17, 15) is 0 Å². The first-order valence-electron chi connectivity index (χ1n) is 5.00. The van der Waals surface area contributed by atoms with Crippen molar-refractivity contribution in [1.82, 2.24) is 9.97 Å². The van der Waals surface area contributed by atoms with Gasteiger partial charge in [0.25, 0.3) is 0 Å². The monoisotopic (exact) mass is 287 g/mol. The van der Waals surface area contributed by atoms with E-state index in [-0.39, 0.29) is 0 Å². The highest BCUT2D eigenvalue weighted by Gasteiger charge is 2.22. The second-order valence-corrected chi connectivity index (χ2v) is 5.39. The topological polar surface area (TPSA) is 29.0 Å². The number of thioether (sulfide) groups is 1. The number of anilines is 1. The molecular formula is C10H14BrN3S. The minimum atomic E-state index is 0.554. The number of rotatable bonds is 2. The number of hydrogen-bond acceptors (Lipinski definition) is 4. The molecule has 82 valence electrons. The Morgan fingerprint density at radius 2 is 2.47 bits per heavy atom. The molecule has 1 aliphatic heterocycles. The summed E-state index contributed by atoms with van der Waals surface area (Å²) in [6, 6.07) is 2.61. The summed E-state index contributed by atoms with van der Waals surface area (Å²) in [5.41, 5.74) is 1.03. The first-order chi connectivity index (χ1) is 7.31. The zero-order valence-electron chi connectivity index (χ0n) is 8.69. The summed E-state index contributed by atoms with van der Waals surface area (Å²) < 4.78 is 0. The van der Waals surface area contributed by atoms with E-state index in [0.29, 0.717) is 6.04 Å². The summed E-state index contributed by atoms with van der Waals surface area (Å²) in [6.07, 6.45) is 1.65. The van der Waals surface area contributed by atoms with Crippen LogP contribution in [0, 0.1) is 6.92 Å². The van der Waals surface area contributed by atoms with Crippen molar-refractivity contribution >= 4 is 33.5 Å². The Morgan fingerprint density at radius 1 is 1.60 bits per heavy atom. The van der Waals surface area contributed by atoms with Crippen molar-refractivity contribution in [2.24, 2.45) is 0 Å². The summed E-state index contributed by atoms with van der Waals surface area (Å²) in [7, 11) is 0. The summed E-state index contributed by atoms with van der Waals surface area (Å²) >= 11 is 5.58. The van der Waals surface area contributed by atoms with Gasteiger partial charge in [-0.2, -0.15) is 11.8 Å². The highest BCUT2D eigenvalue weighted by molar-refractivity contribution is 9.09. The molecule has 1 aromatic heterocycles. The molecule has 0 saturated carbocycles. The smallest absolute Gasteiger partial charge is 0.132 e. The van der Waals surface area contributed by atoms with Gasteiger partial charge >= 0.3 is 0 Å². The Labute approximate surface area is 103 Å². The van der Waals surface area contributed by atoms with Gasteiger partial charge in [-0.15, -0.1) is 0 Å². The Kier molecular flexibility index (Phi) is 3.86. The number of hydrogen-bond donors (Lipinski definition) is 0. The zero-order valence-corrected chi connectivity index (χ0v) is 11.1. The van der Waals surface area contributed by atoms with Crippen LogP contribution in [0.2, 0.25) is 0 Å². The molecule has 0 N–H and O–H groups in total. The lowest BCUT2D eigenvalue weighted by atomic mass is 10.3. The first-order valence-corrected chi connectivity index (χ1v) is 7.28. The first kappa shape index (κ1) is 11.2. The van der Waals surface area contributed by atoms with E-state index < -0.39 is 0 Å². The van der Waals surface area contributed by atoms with Crippen LogP contribution in [0.1, 0.15) is 5.69 Å².